The molecule has 21 heavy (non-hydrogen) atoms. The molecule has 114 valence electrons. The van der Waals surface area contributed by atoms with Crippen LogP contribution < -0.4 is 10.9 Å². The molecule has 2 heterocycles. The molecule has 0 radical (unpaired) electrons. The topological polar surface area (TPSA) is 61.0 Å². The van der Waals surface area contributed by atoms with Crippen LogP contribution in [0.25, 0.3) is 10.9 Å². The summed E-state index contributed by atoms with van der Waals surface area (Å²) in [6.07, 6.45) is 0. The summed E-state index contributed by atoms with van der Waals surface area (Å²) in [5, 5.41) is 4.43. The summed E-state index contributed by atoms with van der Waals surface area (Å²) in [5.41, 5.74) is 0.561. The van der Waals surface area contributed by atoms with Crippen molar-refractivity contribution in [2.45, 2.75) is 19.5 Å². The fourth-order valence-electron chi connectivity index (χ4n) is 2.54. The number of hydrogen-bond acceptors (Lipinski definition) is 4. The molecule has 1 aliphatic rings. The predicted molar refractivity (Wildman–Crippen MR) is 87.4 cm³/mol. The van der Waals surface area contributed by atoms with Crippen LogP contribution in [0.3, 0.4) is 0 Å². The zero-order valence-electron chi connectivity index (χ0n) is 11.7. The molecular weight excluding hydrogens is 311 g/mol. The summed E-state index contributed by atoms with van der Waals surface area (Å²) in [7, 11) is 0. The monoisotopic (exact) mass is 328 g/mol. The second-order valence-corrected chi connectivity index (χ2v) is 5.63. The van der Waals surface area contributed by atoms with Gasteiger partial charge in [0, 0.05) is 30.7 Å². The van der Waals surface area contributed by atoms with Crippen molar-refractivity contribution in [2.24, 2.45) is 0 Å². The van der Waals surface area contributed by atoms with Crippen LogP contribution in [0.1, 0.15) is 12.7 Å². The molecule has 0 saturated carbocycles. The minimum absolute atomic E-state index is 0. The molecular formula is C14H18Cl2N4O. The average Bonchev–Trinajstić information content (AvgIpc) is 2.42. The summed E-state index contributed by atoms with van der Waals surface area (Å²) < 4.78 is 0. The maximum Gasteiger partial charge on any atom is 0.258 e. The number of piperazine rings is 1. The lowest BCUT2D eigenvalue weighted by atomic mass is 10.2. The van der Waals surface area contributed by atoms with Crippen LogP contribution in [0.4, 0.5) is 0 Å². The Kier molecular flexibility index (Phi) is 5.22. The van der Waals surface area contributed by atoms with E-state index in [0.29, 0.717) is 34.3 Å². The number of halogens is 2. The van der Waals surface area contributed by atoms with Gasteiger partial charge in [0.15, 0.2) is 0 Å². The molecule has 1 aromatic carbocycles. The van der Waals surface area contributed by atoms with Gasteiger partial charge in [0.1, 0.15) is 5.82 Å². The van der Waals surface area contributed by atoms with Gasteiger partial charge < -0.3 is 10.3 Å². The highest BCUT2D eigenvalue weighted by Crippen LogP contribution is 2.15. The van der Waals surface area contributed by atoms with E-state index >= 15 is 0 Å². The first-order valence-corrected chi connectivity index (χ1v) is 7.14. The molecule has 1 saturated heterocycles. The predicted octanol–water partition coefficient (Wildman–Crippen LogP) is 1.79. The maximum absolute atomic E-state index is 12.1. The summed E-state index contributed by atoms with van der Waals surface area (Å²) in [4.78, 5) is 21.8. The number of hydrogen-bond donors (Lipinski definition) is 2. The summed E-state index contributed by atoms with van der Waals surface area (Å²) in [6.45, 7) is 5.73. The molecule has 7 heteroatoms. The van der Waals surface area contributed by atoms with Crippen LogP contribution in [0.15, 0.2) is 23.0 Å². The van der Waals surface area contributed by atoms with E-state index in [2.05, 4.69) is 27.1 Å². The smallest absolute Gasteiger partial charge is 0.258 e. The maximum atomic E-state index is 12.1. The second kappa shape index (κ2) is 6.75. The fraction of sp³-hybridized carbons (Fsp3) is 0.429. The van der Waals surface area contributed by atoms with Crippen LogP contribution in [0.5, 0.6) is 0 Å². The number of H-pyrrole nitrogens is 1. The Balaban J connectivity index is 0.00000161. The van der Waals surface area contributed by atoms with E-state index in [4.69, 9.17) is 11.6 Å². The second-order valence-electron chi connectivity index (χ2n) is 5.20. The van der Waals surface area contributed by atoms with Crippen molar-refractivity contribution in [3.05, 3.63) is 39.4 Å². The van der Waals surface area contributed by atoms with Crippen LogP contribution in [-0.2, 0) is 6.54 Å². The van der Waals surface area contributed by atoms with Crippen LogP contribution in [0.2, 0.25) is 5.02 Å². The average molecular weight is 329 g/mol. The third kappa shape index (κ3) is 3.55. The first kappa shape index (κ1) is 16.2. The normalized spacial score (nSPS) is 19.4. The fourth-order valence-corrected chi connectivity index (χ4v) is 2.72. The van der Waals surface area contributed by atoms with E-state index in [9.17, 15) is 4.79 Å². The first-order chi connectivity index (χ1) is 9.63. The van der Waals surface area contributed by atoms with Gasteiger partial charge in [0.2, 0.25) is 0 Å². The van der Waals surface area contributed by atoms with Gasteiger partial charge in [0.05, 0.1) is 17.4 Å². The number of nitrogens with zero attached hydrogens (tertiary/aromatic N) is 2. The van der Waals surface area contributed by atoms with Gasteiger partial charge >= 0.3 is 0 Å². The summed E-state index contributed by atoms with van der Waals surface area (Å²) >= 11 is 5.91. The van der Waals surface area contributed by atoms with Gasteiger partial charge in [-0.15, -0.1) is 12.4 Å². The molecule has 2 N–H and O–H groups in total. The SMILES string of the molecule is CC1CNCCN1Cc1nc2ccc(Cl)cc2c(=O)[nH]1.Cl. The van der Waals surface area contributed by atoms with Crippen molar-refractivity contribution in [3.8, 4) is 0 Å². The Morgan fingerprint density at radius 3 is 3.05 bits per heavy atom. The molecule has 3 rings (SSSR count). The largest absolute Gasteiger partial charge is 0.314 e. The number of aromatic nitrogens is 2. The first-order valence-electron chi connectivity index (χ1n) is 6.77. The number of fused-ring (bicyclic) bond motifs is 1. The highest BCUT2D eigenvalue weighted by Gasteiger charge is 2.19. The van der Waals surface area contributed by atoms with Crippen molar-refractivity contribution in [1.29, 1.82) is 0 Å². The molecule has 1 fully saturated rings. The Morgan fingerprint density at radius 2 is 2.29 bits per heavy atom. The van der Waals surface area contributed by atoms with E-state index in [1.165, 1.54) is 0 Å². The highest BCUT2D eigenvalue weighted by molar-refractivity contribution is 6.31. The van der Waals surface area contributed by atoms with E-state index in [-0.39, 0.29) is 18.0 Å². The molecule has 0 spiro atoms. The molecule has 0 aliphatic carbocycles. The van der Waals surface area contributed by atoms with Crippen LogP contribution in [0, 0.1) is 0 Å². The van der Waals surface area contributed by atoms with Gasteiger partial charge in [-0.05, 0) is 25.1 Å². The third-order valence-corrected chi connectivity index (χ3v) is 3.94. The van der Waals surface area contributed by atoms with E-state index < -0.39 is 0 Å². The number of nitrogens with one attached hydrogen (secondary N) is 2. The Hall–Kier alpha value is -1.14. The lowest BCUT2D eigenvalue weighted by molar-refractivity contribution is 0.162. The van der Waals surface area contributed by atoms with E-state index in [1.54, 1.807) is 18.2 Å². The van der Waals surface area contributed by atoms with Crippen molar-refractivity contribution < 1.29 is 0 Å². The Morgan fingerprint density at radius 1 is 1.48 bits per heavy atom. The van der Waals surface area contributed by atoms with Crippen molar-refractivity contribution in [3.63, 3.8) is 0 Å². The molecule has 2 aromatic rings. The summed E-state index contributed by atoms with van der Waals surface area (Å²) in [6, 6.07) is 5.64. The molecule has 1 aromatic heterocycles. The summed E-state index contributed by atoms with van der Waals surface area (Å²) in [5.74, 6) is 0.707. The van der Waals surface area contributed by atoms with Crippen molar-refractivity contribution in [2.75, 3.05) is 19.6 Å². The van der Waals surface area contributed by atoms with Crippen LogP contribution >= 0.6 is 24.0 Å². The quantitative estimate of drug-likeness (QED) is 0.882. The molecule has 0 amide bonds. The van der Waals surface area contributed by atoms with Gasteiger partial charge in [-0.3, -0.25) is 9.69 Å². The third-order valence-electron chi connectivity index (χ3n) is 3.71. The zero-order chi connectivity index (χ0) is 14.1. The van der Waals surface area contributed by atoms with E-state index in [1.807, 2.05) is 0 Å². The van der Waals surface area contributed by atoms with Gasteiger partial charge in [-0.2, -0.15) is 0 Å². The number of rotatable bonds is 2. The Bertz CT molecular complexity index is 688. The van der Waals surface area contributed by atoms with Crippen molar-refractivity contribution in [1.82, 2.24) is 20.2 Å². The minimum atomic E-state index is -0.129. The highest BCUT2D eigenvalue weighted by atomic mass is 35.5. The molecule has 5 nitrogen and oxygen atoms in total. The zero-order valence-corrected chi connectivity index (χ0v) is 13.3. The standard InChI is InChI=1S/C14H17ClN4O.ClH/c1-9-7-16-4-5-19(9)8-13-17-12-3-2-10(15)6-11(12)14(20)18-13;/h2-3,6,9,16H,4-5,7-8H2,1H3,(H,17,18,20);1H. The molecule has 1 atom stereocenters. The molecule has 1 unspecified atom stereocenters. The van der Waals surface area contributed by atoms with Crippen LogP contribution in [-0.4, -0.2) is 40.5 Å². The van der Waals surface area contributed by atoms with Crippen molar-refractivity contribution >= 4 is 34.9 Å². The lowest BCUT2D eigenvalue weighted by Crippen LogP contribution is -2.49. The molecule has 0 bridgehead atoms. The number of aromatic amines is 1. The van der Waals surface area contributed by atoms with Gasteiger partial charge in [-0.25, -0.2) is 4.98 Å². The van der Waals surface area contributed by atoms with E-state index in [0.717, 1.165) is 19.6 Å². The number of benzene rings is 1. The van der Waals surface area contributed by atoms with Gasteiger partial charge in [0.25, 0.3) is 5.56 Å². The lowest BCUT2D eigenvalue weighted by Gasteiger charge is -2.33. The minimum Gasteiger partial charge on any atom is -0.314 e. The molecule has 1 aliphatic heterocycles. The Labute approximate surface area is 134 Å². The van der Waals surface area contributed by atoms with Gasteiger partial charge in [-0.1, -0.05) is 11.6 Å².